The van der Waals surface area contributed by atoms with Gasteiger partial charge in [0.1, 0.15) is 17.4 Å². The molecule has 1 aromatic heterocycles. The second-order valence-electron chi connectivity index (χ2n) is 5.26. The predicted molar refractivity (Wildman–Crippen MR) is 76.5 cm³/mol. The minimum absolute atomic E-state index is 0.0392. The highest BCUT2D eigenvalue weighted by Gasteiger charge is 2.35. The standard InChI is InChI=1S/C16H16O6/c1-9-5-14(16(18)21-9)22-15(17)6-10-8-20-13-7-11(19-2)3-4-12(10)13/h3-4,7-9,14H,5-6H2,1-2H3. The molecule has 1 aromatic carbocycles. The zero-order valence-corrected chi connectivity index (χ0v) is 12.3. The summed E-state index contributed by atoms with van der Waals surface area (Å²) in [6.07, 6.45) is 0.931. The molecule has 2 unspecified atom stereocenters. The molecule has 22 heavy (non-hydrogen) atoms. The fourth-order valence-electron chi connectivity index (χ4n) is 2.50. The molecule has 0 spiro atoms. The highest BCUT2D eigenvalue weighted by Crippen LogP contribution is 2.26. The summed E-state index contributed by atoms with van der Waals surface area (Å²) in [5.74, 6) is -0.282. The van der Waals surface area contributed by atoms with E-state index >= 15 is 0 Å². The molecule has 1 fully saturated rings. The molecule has 2 aromatic rings. The maximum Gasteiger partial charge on any atom is 0.347 e. The number of benzene rings is 1. The van der Waals surface area contributed by atoms with Gasteiger partial charge in [-0.25, -0.2) is 4.79 Å². The molecule has 1 saturated heterocycles. The molecule has 116 valence electrons. The number of fused-ring (bicyclic) bond motifs is 1. The summed E-state index contributed by atoms with van der Waals surface area (Å²) in [7, 11) is 1.57. The van der Waals surface area contributed by atoms with Crippen LogP contribution in [0.2, 0.25) is 0 Å². The van der Waals surface area contributed by atoms with Crippen molar-refractivity contribution in [3.8, 4) is 5.75 Å². The van der Waals surface area contributed by atoms with Gasteiger partial charge < -0.3 is 18.6 Å². The first-order chi connectivity index (χ1) is 10.6. The maximum atomic E-state index is 12.0. The summed E-state index contributed by atoms with van der Waals surface area (Å²) >= 11 is 0. The summed E-state index contributed by atoms with van der Waals surface area (Å²) in [6, 6.07) is 5.37. The van der Waals surface area contributed by atoms with Gasteiger partial charge in [0.2, 0.25) is 6.10 Å². The lowest BCUT2D eigenvalue weighted by Crippen LogP contribution is -2.23. The summed E-state index contributed by atoms with van der Waals surface area (Å²) < 4.78 is 20.7. The zero-order valence-electron chi connectivity index (χ0n) is 12.3. The van der Waals surface area contributed by atoms with Crippen LogP contribution in [-0.2, 0) is 25.5 Å². The smallest absolute Gasteiger partial charge is 0.347 e. The van der Waals surface area contributed by atoms with Crippen LogP contribution in [0.5, 0.6) is 5.75 Å². The third kappa shape index (κ3) is 2.77. The first-order valence-corrected chi connectivity index (χ1v) is 7.01. The molecule has 0 N–H and O–H groups in total. The fourth-order valence-corrected chi connectivity index (χ4v) is 2.50. The number of rotatable bonds is 4. The SMILES string of the molecule is COc1ccc2c(CC(=O)OC3CC(C)OC3=O)coc2c1. The van der Waals surface area contributed by atoms with Crippen LogP contribution in [-0.4, -0.2) is 31.3 Å². The van der Waals surface area contributed by atoms with E-state index in [9.17, 15) is 9.59 Å². The van der Waals surface area contributed by atoms with Crippen molar-refractivity contribution in [2.45, 2.75) is 32.0 Å². The van der Waals surface area contributed by atoms with Crippen LogP contribution in [0.3, 0.4) is 0 Å². The average Bonchev–Trinajstić information content (AvgIpc) is 3.02. The van der Waals surface area contributed by atoms with Crippen LogP contribution in [0.15, 0.2) is 28.9 Å². The van der Waals surface area contributed by atoms with E-state index in [1.165, 1.54) is 6.26 Å². The second kappa shape index (κ2) is 5.71. The topological polar surface area (TPSA) is 75.0 Å². The zero-order chi connectivity index (χ0) is 15.7. The second-order valence-corrected chi connectivity index (χ2v) is 5.26. The van der Waals surface area contributed by atoms with Crippen LogP contribution in [0, 0.1) is 0 Å². The number of esters is 2. The Morgan fingerprint density at radius 2 is 2.23 bits per heavy atom. The van der Waals surface area contributed by atoms with Crippen LogP contribution in [0.4, 0.5) is 0 Å². The summed E-state index contributed by atoms with van der Waals surface area (Å²) in [5.41, 5.74) is 1.35. The summed E-state index contributed by atoms with van der Waals surface area (Å²) in [4.78, 5) is 23.5. The Morgan fingerprint density at radius 3 is 2.91 bits per heavy atom. The number of carbonyl (C=O) groups excluding carboxylic acids is 2. The quantitative estimate of drug-likeness (QED) is 0.806. The van der Waals surface area contributed by atoms with Gasteiger partial charge in [0, 0.05) is 23.4 Å². The maximum absolute atomic E-state index is 12.0. The van der Waals surface area contributed by atoms with E-state index in [2.05, 4.69) is 0 Å². The lowest BCUT2D eigenvalue weighted by atomic mass is 10.1. The largest absolute Gasteiger partial charge is 0.497 e. The highest BCUT2D eigenvalue weighted by atomic mass is 16.6. The van der Waals surface area contributed by atoms with Gasteiger partial charge >= 0.3 is 11.9 Å². The lowest BCUT2D eigenvalue weighted by molar-refractivity contribution is -0.160. The average molecular weight is 304 g/mol. The van der Waals surface area contributed by atoms with Crippen molar-refractivity contribution in [2.75, 3.05) is 7.11 Å². The minimum Gasteiger partial charge on any atom is -0.497 e. The van der Waals surface area contributed by atoms with Gasteiger partial charge in [0.15, 0.2) is 0 Å². The van der Waals surface area contributed by atoms with Crippen LogP contribution in [0.25, 0.3) is 11.0 Å². The van der Waals surface area contributed by atoms with Gasteiger partial charge in [-0.05, 0) is 19.1 Å². The molecule has 0 radical (unpaired) electrons. The molecule has 6 heteroatoms. The Bertz CT molecular complexity index is 716. The normalized spacial score (nSPS) is 20.9. The summed E-state index contributed by atoms with van der Waals surface area (Å²) in [5, 5.41) is 0.820. The molecular weight excluding hydrogens is 288 g/mol. The third-order valence-electron chi connectivity index (χ3n) is 3.60. The Kier molecular flexibility index (Phi) is 3.75. The molecule has 0 amide bonds. The van der Waals surface area contributed by atoms with Gasteiger partial charge in [-0.2, -0.15) is 0 Å². The number of furan rings is 1. The van der Waals surface area contributed by atoms with E-state index < -0.39 is 18.0 Å². The number of hydrogen-bond acceptors (Lipinski definition) is 6. The third-order valence-corrected chi connectivity index (χ3v) is 3.60. The number of ether oxygens (including phenoxy) is 3. The van der Waals surface area contributed by atoms with Gasteiger partial charge in [-0.15, -0.1) is 0 Å². The van der Waals surface area contributed by atoms with E-state index in [0.29, 0.717) is 23.3 Å². The molecule has 1 aliphatic heterocycles. The van der Waals surface area contributed by atoms with Crippen molar-refractivity contribution < 1.29 is 28.2 Å². The molecule has 2 heterocycles. The Labute approximate surface area is 126 Å². The number of cyclic esters (lactones) is 1. The van der Waals surface area contributed by atoms with E-state index in [4.69, 9.17) is 18.6 Å². The van der Waals surface area contributed by atoms with Crippen LogP contribution < -0.4 is 4.74 Å². The molecule has 3 rings (SSSR count). The van der Waals surface area contributed by atoms with Crippen LogP contribution in [0.1, 0.15) is 18.9 Å². The fraction of sp³-hybridized carbons (Fsp3) is 0.375. The first-order valence-electron chi connectivity index (χ1n) is 7.01. The van der Waals surface area contributed by atoms with E-state index in [-0.39, 0.29) is 12.5 Å². The van der Waals surface area contributed by atoms with Gasteiger partial charge in [-0.1, -0.05) is 0 Å². The molecule has 0 saturated carbocycles. The number of hydrogen-bond donors (Lipinski definition) is 0. The molecule has 2 atom stereocenters. The van der Waals surface area contributed by atoms with Crippen molar-refractivity contribution in [1.29, 1.82) is 0 Å². The first kappa shape index (κ1) is 14.4. The van der Waals surface area contributed by atoms with Crippen molar-refractivity contribution >= 4 is 22.9 Å². The molecule has 1 aliphatic rings. The molecular formula is C16H16O6. The molecule has 0 aliphatic carbocycles. The predicted octanol–water partition coefficient (Wildman–Crippen LogP) is 2.23. The van der Waals surface area contributed by atoms with Crippen molar-refractivity contribution in [3.63, 3.8) is 0 Å². The van der Waals surface area contributed by atoms with E-state index in [1.54, 1.807) is 26.2 Å². The van der Waals surface area contributed by atoms with Gasteiger partial charge in [0.25, 0.3) is 0 Å². The summed E-state index contributed by atoms with van der Waals surface area (Å²) in [6.45, 7) is 1.77. The Hall–Kier alpha value is -2.50. The van der Waals surface area contributed by atoms with Crippen molar-refractivity contribution in [3.05, 3.63) is 30.0 Å². The Morgan fingerprint density at radius 1 is 1.41 bits per heavy atom. The van der Waals surface area contributed by atoms with Gasteiger partial charge in [0.05, 0.1) is 19.8 Å². The molecule has 6 nitrogen and oxygen atoms in total. The highest BCUT2D eigenvalue weighted by molar-refractivity contribution is 5.87. The molecule has 0 bridgehead atoms. The number of carbonyl (C=O) groups is 2. The Balaban J connectivity index is 1.70. The van der Waals surface area contributed by atoms with E-state index in [0.717, 1.165) is 5.39 Å². The van der Waals surface area contributed by atoms with Crippen molar-refractivity contribution in [2.24, 2.45) is 0 Å². The van der Waals surface area contributed by atoms with Crippen molar-refractivity contribution in [1.82, 2.24) is 0 Å². The lowest BCUT2D eigenvalue weighted by Gasteiger charge is -2.07. The van der Waals surface area contributed by atoms with E-state index in [1.807, 2.05) is 6.07 Å². The minimum atomic E-state index is -0.805. The van der Waals surface area contributed by atoms with Gasteiger partial charge in [-0.3, -0.25) is 4.79 Å². The van der Waals surface area contributed by atoms with Crippen LogP contribution >= 0.6 is 0 Å². The monoisotopic (exact) mass is 304 g/mol. The number of methoxy groups -OCH3 is 1.